The molecule has 1 aromatic heterocycles. The minimum atomic E-state index is -0.964. The Morgan fingerprint density at radius 3 is 2.75 bits per heavy atom. The molecular formula is C18H12ClFN2O6. The lowest BCUT2D eigenvalue weighted by Crippen LogP contribution is -2.21. The molecule has 0 unspecified atom stereocenters. The van der Waals surface area contributed by atoms with E-state index in [1.807, 2.05) is 0 Å². The number of carbonyl (C=O) groups is 2. The van der Waals surface area contributed by atoms with Crippen LogP contribution in [-0.2, 0) is 9.53 Å². The summed E-state index contributed by atoms with van der Waals surface area (Å²) < 4.78 is 23.9. The van der Waals surface area contributed by atoms with Crippen LogP contribution in [0.15, 0.2) is 40.8 Å². The van der Waals surface area contributed by atoms with Gasteiger partial charge in [-0.25, -0.2) is 9.18 Å². The number of amides is 1. The number of hydrogen-bond donors (Lipinski definition) is 1. The molecule has 144 valence electrons. The van der Waals surface area contributed by atoms with Crippen LogP contribution in [0.4, 0.5) is 15.8 Å². The Morgan fingerprint density at radius 1 is 1.32 bits per heavy atom. The van der Waals surface area contributed by atoms with Gasteiger partial charge in [0.2, 0.25) is 5.76 Å². The maximum absolute atomic E-state index is 13.8. The molecule has 1 heterocycles. The highest BCUT2D eigenvalue weighted by atomic mass is 35.5. The summed E-state index contributed by atoms with van der Waals surface area (Å²) in [6, 6.07) is 7.94. The third-order valence-corrected chi connectivity index (χ3v) is 4.10. The summed E-state index contributed by atoms with van der Waals surface area (Å²) in [6.45, 7) is 0.830. The molecule has 3 aromatic rings. The highest BCUT2D eigenvalue weighted by molar-refractivity contribution is 6.31. The van der Waals surface area contributed by atoms with Gasteiger partial charge in [0.1, 0.15) is 5.69 Å². The Bertz CT molecular complexity index is 1110. The second kappa shape index (κ2) is 7.65. The number of anilines is 1. The second-order valence-corrected chi connectivity index (χ2v) is 6.15. The lowest BCUT2D eigenvalue weighted by atomic mass is 10.1. The number of benzene rings is 2. The van der Waals surface area contributed by atoms with Gasteiger partial charge >= 0.3 is 5.97 Å². The maximum atomic E-state index is 13.8. The Hall–Kier alpha value is -3.46. The number of nitro benzene ring substituents is 1. The van der Waals surface area contributed by atoms with Gasteiger partial charge in [0.25, 0.3) is 11.6 Å². The zero-order chi connectivity index (χ0) is 20.4. The normalized spacial score (nSPS) is 10.7. The Labute approximate surface area is 162 Å². The zero-order valence-corrected chi connectivity index (χ0v) is 15.1. The van der Waals surface area contributed by atoms with Gasteiger partial charge in [-0.3, -0.25) is 14.9 Å². The fraction of sp³-hybridized carbons (Fsp3) is 0.111. The van der Waals surface area contributed by atoms with Gasteiger partial charge in [0.15, 0.2) is 18.0 Å². The van der Waals surface area contributed by atoms with Gasteiger partial charge in [-0.1, -0.05) is 23.7 Å². The molecule has 1 amide bonds. The number of nitrogens with zero attached hydrogens (tertiary/aromatic N) is 1. The van der Waals surface area contributed by atoms with Crippen LogP contribution in [0.1, 0.15) is 16.1 Å². The number of para-hydroxylation sites is 1. The molecule has 0 aliphatic heterocycles. The molecule has 0 saturated carbocycles. The molecule has 3 rings (SSSR count). The summed E-state index contributed by atoms with van der Waals surface area (Å²) in [5.41, 5.74) is -0.227. The first kappa shape index (κ1) is 19.3. The largest absolute Gasteiger partial charge is 0.450 e. The number of esters is 1. The van der Waals surface area contributed by atoms with Crippen molar-refractivity contribution in [3.8, 4) is 0 Å². The van der Waals surface area contributed by atoms with Gasteiger partial charge in [-0.2, -0.15) is 0 Å². The second-order valence-electron chi connectivity index (χ2n) is 5.72. The fourth-order valence-electron chi connectivity index (χ4n) is 2.55. The molecule has 0 fully saturated rings. The van der Waals surface area contributed by atoms with Crippen LogP contribution in [0, 0.1) is 22.9 Å². The first-order valence-corrected chi connectivity index (χ1v) is 8.24. The molecule has 0 atom stereocenters. The van der Waals surface area contributed by atoms with Gasteiger partial charge in [0.05, 0.1) is 4.92 Å². The first-order chi connectivity index (χ1) is 13.3. The third-order valence-electron chi connectivity index (χ3n) is 3.87. The number of halogens is 2. The van der Waals surface area contributed by atoms with Gasteiger partial charge in [-0.15, -0.1) is 0 Å². The van der Waals surface area contributed by atoms with E-state index < -0.39 is 34.9 Å². The summed E-state index contributed by atoms with van der Waals surface area (Å²) in [5.74, 6) is -2.63. The lowest BCUT2D eigenvalue weighted by Gasteiger charge is -2.07. The van der Waals surface area contributed by atoms with Crippen LogP contribution in [0.5, 0.6) is 0 Å². The minimum absolute atomic E-state index is 0.0896. The number of hydrogen-bond acceptors (Lipinski definition) is 6. The Morgan fingerprint density at radius 2 is 2.07 bits per heavy atom. The number of fused-ring (bicyclic) bond motifs is 1. The van der Waals surface area contributed by atoms with Crippen molar-refractivity contribution in [1.29, 1.82) is 0 Å². The molecular weight excluding hydrogens is 395 g/mol. The quantitative estimate of drug-likeness (QED) is 0.385. The number of nitro groups is 1. The highest BCUT2D eigenvalue weighted by Gasteiger charge is 2.22. The van der Waals surface area contributed by atoms with Crippen LogP contribution in [0.3, 0.4) is 0 Å². The summed E-state index contributed by atoms with van der Waals surface area (Å²) >= 11 is 5.70. The minimum Gasteiger partial charge on any atom is -0.450 e. The third kappa shape index (κ3) is 3.79. The summed E-state index contributed by atoms with van der Waals surface area (Å²) in [7, 11) is 0. The van der Waals surface area contributed by atoms with E-state index in [1.54, 1.807) is 13.0 Å². The number of rotatable bonds is 5. The molecule has 28 heavy (non-hydrogen) atoms. The van der Waals surface area contributed by atoms with Crippen molar-refractivity contribution in [2.24, 2.45) is 0 Å². The number of aryl methyl sites for hydroxylation is 1. The van der Waals surface area contributed by atoms with E-state index >= 15 is 0 Å². The monoisotopic (exact) mass is 406 g/mol. The Kier molecular flexibility index (Phi) is 5.27. The molecule has 0 spiro atoms. The SMILES string of the molecule is Cc1c(C(=O)OCC(=O)Nc2ccc(Cl)cc2[N+](=O)[O-])oc2c(F)cccc12. The van der Waals surface area contributed by atoms with Gasteiger partial charge < -0.3 is 14.5 Å². The number of furan rings is 1. The van der Waals surface area contributed by atoms with Crippen LogP contribution >= 0.6 is 11.6 Å². The van der Waals surface area contributed by atoms with E-state index in [4.69, 9.17) is 20.8 Å². The van der Waals surface area contributed by atoms with Gasteiger partial charge in [0, 0.05) is 22.0 Å². The van der Waals surface area contributed by atoms with Crippen molar-refractivity contribution >= 4 is 45.8 Å². The van der Waals surface area contributed by atoms with Crippen LogP contribution < -0.4 is 5.32 Å². The number of carbonyl (C=O) groups excluding carboxylic acids is 2. The van der Waals surface area contributed by atoms with Crippen molar-refractivity contribution in [2.45, 2.75) is 6.92 Å². The lowest BCUT2D eigenvalue weighted by molar-refractivity contribution is -0.383. The predicted molar refractivity (Wildman–Crippen MR) is 97.9 cm³/mol. The van der Waals surface area contributed by atoms with E-state index in [2.05, 4.69) is 5.32 Å². The van der Waals surface area contributed by atoms with Crippen molar-refractivity contribution in [3.05, 3.63) is 68.7 Å². The molecule has 10 heteroatoms. The molecule has 0 bridgehead atoms. The smallest absolute Gasteiger partial charge is 0.375 e. The van der Waals surface area contributed by atoms with E-state index in [0.717, 1.165) is 6.07 Å². The molecule has 8 nitrogen and oxygen atoms in total. The van der Waals surface area contributed by atoms with Crippen LogP contribution in [0.2, 0.25) is 5.02 Å². The highest BCUT2D eigenvalue weighted by Crippen LogP contribution is 2.29. The first-order valence-electron chi connectivity index (χ1n) is 7.86. The molecule has 0 aliphatic carbocycles. The van der Waals surface area contributed by atoms with Crippen molar-refractivity contribution in [3.63, 3.8) is 0 Å². The summed E-state index contributed by atoms with van der Waals surface area (Å²) in [4.78, 5) is 34.5. The molecule has 1 N–H and O–H groups in total. The molecule has 2 aromatic carbocycles. The van der Waals surface area contributed by atoms with Crippen LogP contribution in [0.25, 0.3) is 11.0 Å². The van der Waals surface area contributed by atoms with Crippen LogP contribution in [-0.4, -0.2) is 23.4 Å². The molecule has 0 aliphatic rings. The van der Waals surface area contributed by atoms with E-state index in [9.17, 15) is 24.1 Å². The van der Waals surface area contributed by atoms with Crippen molar-refractivity contribution in [1.82, 2.24) is 0 Å². The maximum Gasteiger partial charge on any atom is 0.375 e. The molecule has 0 radical (unpaired) electrons. The van der Waals surface area contributed by atoms with E-state index in [1.165, 1.54) is 24.3 Å². The Balaban J connectivity index is 1.70. The molecule has 0 saturated heterocycles. The number of ether oxygens (including phenoxy) is 1. The number of nitrogens with one attached hydrogen (secondary N) is 1. The van der Waals surface area contributed by atoms with E-state index in [-0.39, 0.29) is 22.1 Å². The van der Waals surface area contributed by atoms with Gasteiger partial charge in [-0.05, 0) is 25.1 Å². The zero-order valence-electron chi connectivity index (χ0n) is 14.3. The predicted octanol–water partition coefficient (Wildman–Crippen LogP) is 4.24. The van der Waals surface area contributed by atoms with Crippen molar-refractivity contribution in [2.75, 3.05) is 11.9 Å². The van der Waals surface area contributed by atoms with Crippen molar-refractivity contribution < 1.29 is 28.1 Å². The summed E-state index contributed by atoms with van der Waals surface area (Å²) in [5, 5.41) is 13.8. The summed E-state index contributed by atoms with van der Waals surface area (Å²) in [6.07, 6.45) is 0. The standard InChI is InChI=1S/C18H12ClFN2O6/c1-9-11-3-2-4-12(20)17(11)28-16(9)18(24)27-8-15(23)21-13-6-5-10(19)7-14(13)22(25)26/h2-7H,8H2,1H3,(H,21,23). The van der Waals surface area contributed by atoms with E-state index in [0.29, 0.717) is 10.9 Å². The average Bonchev–Trinajstić information content (AvgIpc) is 2.99. The average molecular weight is 407 g/mol. The fourth-order valence-corrected chi connectivity index (χ4v) is 2.71. The topological polar surface area (TPSA) is 112 Å².